The molecule has 0 amide bonds. The molecular weight excluding hydrogens is 180 g/mol. The van der Waals surface area contributed by atoms with E-state index in [1.807, 2.05) is 0 Å². The highest BCUT2D eigenvalue weighted by Crippen LogP contribution is 3.83. The lowest BCUT2D eigenvalue weighted by molar-refractivity contribution is 0.308. The topological polar surface area (TPSA) is 0 Å². The maximum Gasteiger partial charge on any atom is -0.0000272 e. The van der Waals surface area contributed by atoms with Crippen LogP contribution in [0.2, 0.25) is 0 Å². The third-order valence-electron chi connectivity index (χ3n) is 13.5. The second-order valence-corrected chi connectivity index (χ2v) is 10.3. The molecule has 0 radical (unpaired) electrons. The first-order chi connectivity index (χ1) is 7.43. The van der Waals surface area contributed by atoms with Gasteiger partial charge >= 0.3 is 0 Å². The third kappa shape index (κ3) is 0.0629. The predicted molar refractivity (Wildman–Crippen MR) is 43.0 cm³/mol. The van der Waals surface area contributed by atoms with Crippen molar-refractivity contribution in [2.75, 3.05) is 0 Å². The molecule has 0 heteroatoms. The van der Waals surface area contributed by atoms with E-state index in [2.05, 4.69) is 0 Å². The van der Waals surface area contributed by atoms with E-state index < -0.39 is 0 Å². The summed E-state index contributed by atoms with van der Waals surface area (Å²) in [4.78, 5) is 0. The Morgan fingerprint density at radius 2 is 1.00 bits per heavy atom. The molecule has 0 N–H and O–H groups in total. The largest absolute Gasteiger partial charge is 0.0421 e. The van der Waals surface area contributed by atoms with Gasteiger partial charge in [0.05, 0.1) is 0 Å². The van der Waals surface area contributed by atoms with Crippen LogP contribution in [-0.2, 0) is 0 Å². The van der Waals surface area contributed by atoms with Gasteiger partial charge in [0.1, 0.15) is 0 Å². The van der Waals surface area contributed by atoms with Crippen LogP contribution >= 0.6 is 0 Å². The fraction of sp³-hybridized carbons (Fsp3) is 1.00. The van der Waals surface area contributed by atoms with Crippen molar-refractivity contribution in [3.05, 3.63) is 0 Å². The first-order valence-electron chi connectivity index (χ1n) is 7.43. The zero-order valence-corrected chi connectivity index (χ0v) is 8.07. The molecule has 0 nitrogen and oxygen atoms in total. The summed E-state index contributed by atoms with van der Waals surface area (Å²) >= 11 is 0. The van der Waals surface area contributed by atoms with Gasteiger partial charge < -0.3 is 0 Å². The van der Waals surface area contributed by atoms with E-state index >= 15 is 0 Å². The van der Waals surface area contributed by atoms with E-state index in [1.54, 1.807) is 12.8 Å². The van der Waals surface area contributed by atoms with Crippen molar-refractivity contribution in [1.29, 1.82) is 0 Å². The van der Waals surface area contributed by atoms with Crippen LogP contribution in [0.25, 0.3) is 0 Å². The average molecular weight is 186 g/mol. The van der Waals surface area contributed by atoms with Crippen LogP contribution in [0.3, 0.4) is 0 Å². The van der Waals surface area contributed by atoms with Crippen molar-refractivity contribution < 1.29 is 0 Å². The third-order valence-corrected chi connectivity index (χ3v) is 13.5. The summed E-state index contributed by atoms with van der Waals surface area (Å²) in [7, 11) is 0. The van der Waals surface area contributed by atoms with Crippen LogP contribution in [0.1, 0.15) is 12.8 Å². The summed E-state index contributed by atoms with van der Waals surface area (Å²) in [6, 6.07) is 0. The molecule has 0 aromatic heterocycles. The van der Waals surface area contributed by atoms with E-state index in [0.717, 1.165) is 10.8 Å². The van der Waals surface area contributed by atoms with Crippen molar-refractivity contribution in [2.45, 2.75) is 12.8 Å². The van der Waals surface area contributed by atoms with Crippen molar-refractivity contribution in [3.63, 3.8) is 0 Å². The summed E-state index contributed by atoms with van der Waals surface area (Å²) in [5, 5.41) is 0. The van der Waals surface area contributed by atoms with Crippen molar-refractivity contribution in [2.24, 2.45) is 71.4 Å². The molecule has 0 aromatic carbocycles. The predicted octanol–water partition coefficient (Wildman–Crippen LogP) is 1.03. The first-order valence-corrected chi connectivity index (χ1v) is 7.43. The molecule has 0 aliphatic heterocycles. The first kappa shape index (κ1) is 4.03. The summed E-state index contributed by atoms with van der Waals surface area (Å²) in [5.41, 5.74) is 13.2. The molecule has 13 aliphatic carbocycles. The van der Waals surface area contributed by atoms with Crippen LogP contribution in [0.4, 0.5) is 0 Å². The monoisotopic (exact) mass is 186 g/mol. The van der Waals surface area contributed by atoms with Gasteiger partial charge in [0.15, 0.2) is 0 Å². The number of rotatable bonds is 0. The van der Waals surface area contributed by atoms with E-state index in [4.69, 9.17) is 0 Å². The molecular formula is C15H6. The summed E-state index contributed by atoms with van der Waals surface area (Å²) < 4.78 is 0. The van der Waals surface area contributed by atoms with Crippen LogP contribution in [0.5, 0.6) is 0 Å². The standard InChI is InChI=1S/C15H6/c1-3-5(1)7(3)9(5)11(7)13(9)14-10-6-2-4(6)8(6,10)12(10,14)15(11,13)14/h3-4H,1-2H2. The quantitative estimate of drug-likeness (QED) is 0.530. The van der Waals surface area contributed by atoms with Gasteiger partial charge in [-0.05, 0) is 84.2 Å². The Morgan fingerprint density at radius 3 is 1.40 bits per heavy atom. The van der Waals surface area contributed by atoms with Gasteiger partial charge in [-0.2, -0.15) is 0 Å². The Balaban J connectivity index is 1.35. The molecule has 0 bridgehead atoms. The lowest BCUT2D eigenvalue weighted by atomic mass is 9.88. The Labute approximate surface area is 84.8 Å². The Bertz CT molecular complexity index is 816. The molecule has 66 valence electrons. The maximum absolute atomic E-state index is 1.74. The van der Waals surface area contributed by atoms with Crippen LogP contribution < -0.4 is 0 Å². The minimum absolute atomic E-state index is 1.16. The smallest absolute Gasteiger partial charge is 0.0000272 e. The highest BCUT2D eigenvalue weighted by molar-refractivity contribution is 6.26. The summed E-state index contributed by atoms with van der Waals surface area (Å²) in [6.07, 6.45) is 3.48. The minimum atomic E-state index is 1.16. The summed E-state index contributed by atoms with van der Waals surface area (Å²) in [5.74, 6) is 2.75. The zero-order valence-electron chi connectivity index (χ0n) is 8.07. The summed E-state index contributed by atoms with van der Waals surface area (Å²) in [6.45, 7) is 0. The number of hydrogen-bond acceptors (Lipinski definition) is 0. The van der Waals surface area contributed by atoms with Gasteiger partial charge in [-0.1, -0.05) is 0 Å². The fourth-order valence-corrected chi connectivity index (χ4v) is 15.6. The molecule has 0 aromatic rings. The van der Waals surface area contributed by atoms with E-state index in [-0.39, 0.29) is 0 Å². The molecule has 13 rings (SSSR count). The van der Waals surface area contributed by atoms with Gasteiger partial charge in [0.25, 0.3) is 0 Å². The Kier molecular flexibility index (Phi) is 0.116. The van der Waals surface area contributed by atoms with Gasteiger partial charge in [-0.3, -0.25) is 0 Å². The highest BCUT2D eigenvalue weighted by atomic mass is 15.8. The molecule has 12 unspecified atom stereocenters. The molecule has 0 saturated heterocycles. The van der Waals surface area contributed by atoms with Crippen LogP contribution in [0.15, 0.2) is 0 Å². The van der Waals surface area contributed by atoms with Gasteiger partial charge in [0, 0.05) is 0 Å². The lowest BCUT2D eigenvalue weighted by Crippen LogP contribution is -2.12. The molecule has 13 saturated carbocycles. The molecule has 13 aliphatic rings. The molecule has 11 spiro atoms. The van der Waals surface area contributed by atoms with E-state index in [1.165, 1.54) is 60.6 Å². The molecule has 0 heterocycles. The van der Waals surface area contributed by atoms with Crippen molar-refractivity contribution >= 4 is 0 Å². The van der Waals surface area contributed by atoms with Gasteiger partial charge in [0.2, 0.25) is 0 Å². The molecule has 15 heavy (non-hydrogen) atoms. The second-order valence-electron chi connectivity index (χ2n) is 10.3. The van der Waals surface area contributed by atoms with Crippen molar-refractivity contribution in [1.82, 2.24) is 0 Å². The Hall–Kier alpha value is 0. The minimum Gasteiger partial charge on any atom is -0.0421 e. The van der Waals surface area contributed by atoms with Crippen LogP contribution in [0, 0.1) is 71.4 Å². The Morgan fingerprint density at radius 1 is 0.533 bits per heavy atom. The lowest BCUT2D eigenvalue weighted by Gasteiger charge is -2.13. The SMILES string of the molecule is C1C2C13C21C32C13C21C24C56C78CC7C85C62C314. The second kappa shape index (κ2) is 0.432. The fourth-order valence-electron chi connectivity index (χ4n) is 15.6. The van der Waals surface area contributed by atoms with Gasteiger partial charge in [-0.15, -0.1) is 0 Å². The zero-order chi connectivity index (χ0) is 8.07. The number of hydrogen-bond donors (Lipinski definition) is 0. The van der Waals surface area contributed by atoms with E-state index in [0.29, 0.717) is 0 Å². The highest BCUT2D eigenvalue weighted by Gasteiger charge is 3.83. The molecule has 13 fully saturated rings. The maximum atomic E-state index is 1.74. The van der Waals surface area contributed by atoms with Crippen molar-refractivity contribution in [3.8, 4) is 0 Å². The normalized spacial score (nSPS) is 158. The average Bonchev–Trinajstić information content (AvgIpc) is 2.89. The van der Waals surface area contributed by atoms with Crippen LogP contribution in [-0.4, -0.2) is 0 Å². The van der Waals surface area contributed by atoms with Gasteiger partial charge in [-0.25, -0.2) is 0 Å². The molecule has 12 atom stereocenters. The van der Waals surface area contributed by atoms with E-state index in [9.17, 15) is 0 Å².